The van der Waals surface area contributed by atoms with Crippen LogP contribution >= 0.6 is 0 Å². The molecule has 3 rings (SSSR count). The second-order valence-corrected chi connectivity index (χ2v) is 5.73. The predicted molar refractivity (Wildman–Crippen MR) is 90.5 cm³/mol. The third kappa shape index (κ3) is 2.65. The molecule has 118 valence electrons. The van der Waals surface area contributed by atoms with Crippen molar-refractivity contribution in [1.82, 2.24) is 14.5 Å². The molecule has 5 nitrogen and oxygen atoms in total. The molecule has 2 aromatic heterocycles. The fourth-order valence-electron chi connectivity index (χ4n) is 2.74. The molecule has 0 fully saturated rings. The molecule has 1 amide bonds. The van der Waals surface area contributed by atoms with Crippen LogP contribution in [-0.4, -0.2) is 15.0 Å². The van der Waals surface area contributed by atoms with Gasteiger partial charge in [0.1, 0.15) is 5.69 Å². The van der Waals surface area contributed by atoms with Gasteiger partial charge in [-0.1, -0.05) is 30.3 Å². The van der Waals surface area contributed by atoms with E-state index in [9.17, 15) is 9.59 Å². The molecule has 1 aromatic carbocycles. The SMILES string of the molecule is CC(NC(=O)c1cc2c(=O)n(C)ccc2n1C)c1ccccc1. The summed E-state index contributed by atoms with van der Waals surface area (Å²) in [6.07, 6.45) is 1.71. The number of fused-ring (bicyclic) bond motifs is 1. The van der Waals surface area contributed by atoms with Crippen molar-refractivity contribution in [2.45, 2.75) is 13.0 Å². The van der Waals surface area contributed by atoms with E-state index in [4.69, 9.17) is 0 Å². The van der Waals surface area contributed by atoms with Crippen LogP contribution in [0.2, 0.25) is 0 Å². The van der Waals surface area contributed by atoms with Gasteiger partial charge in [-0.25, -0.2) is 0 Å². The summed E-state index contributed by atoms with van der Waals surface area (Å²) >= 11 is 0. The Balaban J connectivity index is 1.94. The number of pyridine rings is 1. The maximum atomic E-state index is 12.6. The highest BCUT2D eigenvalue weighted by molar-refractivity contribution is 5.98. The smallest absolute Gasteiger partial charge is 0.268 e. The van der Waals surface area contributed by atoms with Crippen molar-refractivity contribution in [3.63, 3.8) is 0 Å². The molecule has 0 spiro atoms. The lowest BCUT2D eigenvalue weighted by Gasteiger charge is -2.14. The van der Waals surface area contributed by atoms with Gasteiger partial charge in [-0.2, -0.15) is 0 Å². The molecule has 5 heteroatoms. The zero-order valence-corrected chi connectivity index (χ0v) is 13.4. The largest absolute Gasteiger partial charge is 0.344 e. The van der Waals surface area contributed by atoms with E-state index in [1.165, 1.54) is 4.57 Å². The second kappa shape index (κ2) is 5.76. The summed E-state index contributed by atoms with van der Waals surface area (Å²) in [4.78, 5) is 24.8. The zero-order chi connectivity index (χ0) is 16.6. The normalized spacial score (nSPS) is 12.3. The molecule has 1 unspecified atom stereocenters. The fourth-order valence-corrected chi connectivity index (χ4v) is 2.74. The summed E-state index contributed by atoms with van der Waals surface area (Å²) in [5.41, 5.74) is 2.17. The first kappa shape index (κ1) is 15.1. The number of benzene rings is 1. The van der Waals surface area contributed by atoms with Crippen molar-refractivity contribution in [1.29, 1.82) is 0 Å². The molecule has 1 N–H and O–H groups in total. The number of nitrogens with zero attached hydrogens (tertiary/aromatic N) is 2. The molecular formula is C18H19N3O2. The van der Waals surface area contributed by atoms with Gasteiger partial charge in [-0.15, -0.1) is 0 Å². The number of hydrogen-bond acceptors (Lipinski definition) is 2. The summed E-state index contributed by atoms with van der Waals surface area (Å²) in [6.45, 7) is 1.94. The third-order valence-electron chi connectivity index (χ3n) is 4.17. The second-order valence-electron chi connectivity index (χ2n) is 5.73. The van der Waals surface area contributed by atoms with Crippen molar-refractivity contribution >= 4 is 16.8 Å². The lowest BCUT2D eigenvalue weighted by molar-refractivity contribution is 0.0932. The van der Waals surface area contributed by atoms with Crippen LogP contribution in [0.25, 0.3) is 10.9 Å². The lowest BCUT2D eigenvalue weighted by atomic mass is 10.1. The molecule has 2 heterocycles. The quantitative estimate of drug-likeness (QED) is 0.807. The van der Waals surface area contributed by atoms with Crippen LogP contribution in [0.4, 0.5) is 0 Å². The molecule has 0 aliphatic heterocycles. The Morgan fingerprint density at radius 2 is 1.83 bits per heavy atom. The van der Waals surface area contributed by atoms with Gasteiger partial charge in [0, 0.05) is 20.3 Å². The van der Waals surface area contributed by atoms with Crippen LogP contribution in [0.15, 0.2) is 53.5 Å². The molecule has 0 bridgehead atoms. The Morgan fingerprint density at radius 3 is 2.52 bits per heavy atom. The van der Waals surface area contributed by atoms with Gasteiger partial charge in [0.2, 0.25) is 0 Å². The molecule has 0 aliphatic carbocycles. The van der Waals surface area contributed by atoms with Crippen molar-refractivity contribution in [2.75, 3.05) is 0 Å². The molecule has 0 radical (unpaired) electrons. The van der Waals surface area contributed by atoms with E-state index in [-0.39, 0.29) is 17.5 Å². The van der Waals surface area contributed by atoms with Gasteiger partial charge < -0.3 is 14.5 Å². The van der Waals surface area contributed by atoms with E-state index in [1.807, 2.05) is 43.3 Å². The predicted octanol–water partition coefficient (Wildman–Crippen LogP) is 2.37. The third-order valence-corrected chi connectivity index (χ3v) is 4.17. The number of rotatable bonds is 3. The van der Waals surface area contributed by atoms with Crippen LogP contribution in [0, 0.1) is 0 Å². The standard InChI is InChI=1S/C18H19N3O2/c1-12(13-7-5-4-6-8-13)19-17(22)16-11-14-15(21(16)3)9-10-20(2)18(14)23/h4-12H,1-3H3,(H,19,22). The van der Waals surface area contributed by atoms with Crippen molar-refractivity contribution < 1.29 is 4.79 Å². The summed E-state index contributed by atoms with van der Waals surface area (Å²) in [5.74, 6) is -0.192. The molecule has 0 saturated heterocycles. The van der Waals surface area contributed by atoms with Gasteiger partial charge >= 0.3 is 0 Å². The Kier molecular flexibility index (Phi) is 3.78. The first-order valence-electron chi connectivity index (χ1n) is 7.50. The van der Waals surface area contributed by atoms with Crippen molar-refractivity contribution in [3.8, 4) is 0 Å². The topological polar surface area (TPSA) is 56.0 Å². The van der Waals surface area contributed by atoms with Gasteiger partial charge in [0.25, 0.3) is 11.5 Å². The van der Waals surface area contributed by atoms with E-state index in [2.05, 4.69) is 5.32 Å². The zero-order valence-electron chi connectivity index (χ0n) is 13.4. The minimum Gasteiger partial charge on any atom is -0.344 e. The highest BCUT2D eigenvalue weighted by atomic mass is 16.2. The molecular weight excluding hydrogens is 290 g/mol. The number of aromatic nitrogens is 2. The average Bonchev–Trinajstić information content (AvgIpc) is 2.89. The van der Waals surface area contributed by atoms with Gasteiger partial charge in [0.05, 0.1) is 16.9 Å². The number of aryl methyl sites for hydroxylation is 2. The van der Waals surface area contributed by atoms with Crippen LogP contribution in [0.3, 0.4) is 0 Å². The van der Waals surface area contributed by atoms with Crippen LogP contribution in [0.5, 0.6) is 0 Å². The first-order chi connectivity index (χ1) is 11.0. The summed E-state index contributed by atoms with van der Waals surface area (Å²) < 4.78 is 3.26. The van der Waals surface area contributed by atoms with Gasteiger partial charge in [-0.3, -0.25) is 9.59 Å². The molecule has 23 heavy (non-hydrogen) atoms. The number of amides is 1. The average molecular weight is 309 g/mol. The minimum absolute atomic E-state index is 0.103. The van der Waals surface area contributed by atoms with Crippen molar-refractivity contribution in [2.24, 2.45) is 14.1 Å². The fraction of sp³-hybridized carbons (Fsp3) is 0.222. The number of carbonyl (C=O) groups excluding carboxylic acids is 1. The maximum absolute atomic E-state index is 12.6. The van der Waals surface area contributed by atoms with Crippen LogP contribution < -0.4 is 10.9 Å². The Morgan fingerprint density at radius 1 is 1.13 bits per heavy atom. The van der Waals surface area contributed by atoms with E-state index >= 15 is 0 Å². The Bertz CT molecular complexity index is 923. The van der Waals surface area contributed by atoms with Gasteiger partial charge in [-0.05, 0) is 24.6 Å². The number of carbonyl (C=O) groups is 1. The monoisotopic (exact) mass is 309 g/mol. The summed E-state index contributed by atoms with van der Waals surface area (Å²) in [5, 5.41) is 3.53. The number of hydrogen-bond donors (Lipinski definition) is 1. The van der Waals surface area contributed by atoms with E-state index in [0.29, 0.717) is 11.1 Å². The summed E-state index contributed by atoms with van der Waals surface area (Å²) in [6, 6.07) is 13.2. The highest BCUT2D eigenvalue weighted by Gasteiger charge is 2.17. The maximum Gasteiger partial charge on any atom is 0.268 e. The molecule has 1 atom stereocenters. The Hall–Kier alpha value is -2.82. The number of nitrogens with one attached hydrogen (secondary N) is 1. The van der Waals surface area contributed by atoms with Crippen LogP contribution in [0.1, 0.15) is 29.0 Å². The van der Waals surface area contributed by atoms with Crippen LogP contribution in [-0.2, 0) is 14.1 Å². The van der Waals surface area contributed by atoms with E-state index in [0.717, 1.165) is 11.1 Å². The van der Waals surface area contributed by atoms with E-state index < -0.39 is 0 Å². The molecule has 0 aliphatic rings. The first-order valence-corrected chi connectivity index (χ1v) is 7.50. The minimum atomic E-state index is -0.192. The van der Waals surface area contributed by atoms with E-state index in [1.54, 1.807) is 30.9 Å². The van der Waals surface area contributed by atoms with Crippen molar-refractivity contribution in [3.05, 3.63) is 70.3 Å². The molecule has 3 aromatic rings. The lowest BCUT2D eigenvalue weighted by Crippen LogP contribution is -2.28. The Labute approximate surface area is 134 Å². The molecule has 0 saturated carbocycles. The van der Waals surface area contributed by atoms with Gasteiger partial charge in [0.15, 0.2) is 0 Å². The summed E-state index contributed by atoms with van der Waals surface area (Å²) in [7, 11) is 3.50. The highest BCUT2D eigenvalue weighted by Crippen LogP contribution is 2.17.